The van der Waals surface area contributed by atoms with Gasteiger partial charge in [-0.3, -0.25) is 10.1 Å². The van der Waals surface area contributed by atoms with Gasteiger partial charge >= 0.3 is 18.4 Å². The summed E-state index contributed by atoms with van der Waals surface area (Å²) in [7, 11) is 0. The summed E-state index contributed by atoms with van der Waals surface area (Å²) in [6.07, 6.45) is -4.42. The molecule has 0 aromatic carbocycles. The van der Waals surface area contributed by atoms with E-state index in [-0.39, 0.29) is 0 Å². The number of carbonyl (C=O) groups excluding carboxylic acids is 2. The molecule has 1 atom stereocenters. The van der Waals surface area contributed by atoms with Gasteiger partial charge in [0.2, 0.25) is 11.7 Å². The predicted octanol–water partition coefficient (Wildman–Crippen LogP) is 1.03. The lowest BCUT2D eigenvalue weighted by atomic mass is 10.3. The molecule has 12 heteroatoms. The lowest BCUT2D eigenvalue weighted by Crippen LogP contribution is -2.42. The van der Waals surface area contributed by atoms with Gasteiger partial charge in [0.15, 0.2) is 12.4 Å². The summed E-state index contributed by atoms with van der Waals surface area (Å²) < 4.78 is 58.5. The molecule has 0 fully saturated rings. The Morgan fingerprint density at radius 1 is 1.46 bits per heavy atom. The maximum atomic E-state index is 12.8. The number of carbonyl (C=O) groups is 2. The van der Waals surface area contributed by atoms with Gasteiger partial charge in [0.05, 0.1) is 6.04 Å². The van der Waals surface area contributed by atoms with Crippen LogP contribution >= 0.6 is 0 Å². The molecule has 0 spiro atoms. The molecular weight excluding hydrogens is 342 g/mol. The van der Waals surface area contributed by atoms with Crippen LogP contribution in [0.3, 0.4) is 0 Å². The summed E-state index contributed by atoms with van der Waals surface area (Å²) in [5.74, 6) is -7.79. The maximum Gasteiger partial charge on any atom is 0.420 e. The highest BCUT2D eigenvalue weighted by atomic mass is 19.3. The van der Waals surface area contributed by atoms with Crippen molar-refractivity contribution in [3.63, 3.8) is 0 Å². The summed E-state index contributed by atoms with van der Waals surface area (Å²) in [4.78, 5) is 26.0. The minimum atomic E-state index is -4.45. The Morgan fingerprint density at radius 2 is 2.08 bits per heavy atom. The van der Waals surface area contributed by atoms with E-state index < -0.39 is 54.4 Å². The van der Waals surface area contributed by atoms with E-state index in [1.807, 2.05) is 0 Å². The number of ether oxygens (including phenoxy) is 2. The average molecular weight is 355 g/mol. The number of nitrogens with zero attached hydrogens (tertiary/aromatic N) is 1. The fourth-order valence-corrected chi connectivity index (χ4v) is 1.17. The molecule has 0 aliphatic rings. The number of alkyl halides is 4. The van der Waals surface area contributed by atoms with Gasteiger partial charge in [-0.05, 0) is 6.92 Å². The summed E-state index contributed by atoms with van der Waals surface area (Å²) in [5, 5.41) is 11.4. The number of halogens is 4. The number of nitrogens with two attached hydrogens (primary N) is 1. The normalized spacial score (nSPS) is 12.6. The van der Waals surface area contributed by atoms with Crippen LogP contribution in [0, 0.1) is 0 Å². The van der Waals surface area contributed by atoms with E-state index in [1.54, 1.807) is 5.32 Å². The summed E-state index contributed by atoms with van der Waals surface area (Å²) in [6, 6.07) is -0.139. The van der Waals surface area contributed by atoms with Crippen molar-refractivity contribution >= 4 is 12.0 Å². The number of rotatable bonds is 6. The molecule has 1 heterocycles. The van der Waals surface area contributed by atoms with Gasteiger partial charge in [0, 0.05) is 12.3 Å². The molecule has 0 unspecified atom stereocenters. The van der Waals surface area contributed by atoms with Crippen LogP contribution in [0.4, 0.5) is 22.4 Å². The Morgan fingerprint density at radius 3 is 2.62 bits per heavy atom. The van der Waals surface area contributed by atoms with Gasteiger partial charge in [-0.15, -0.1) is 0 Å². The fraction of sp³-hybridized carbons (Fsp3) is 0.417. The second kappa shape index (κ2) is 7.77. The van der Waals surface area contributed by atoms with Gasteiger partial charge < -0.3 is 20.3 Å². The SMILES string of the molecule is C[C@H](N)C(=O)NC(=O)Oc1nccc(OCC(F)(F)C(F)F)c1O. The van der Waals surface area contributed by atoms with E-state index in [0.29, 0.717) is 0 Å². The van der Waals surface area contributed by atoms with Crippen molar-refractivity contribution < 1.29 is 41.7 Å². The van der Waals surface area contributed by atoms with Crippen molar-refractivity contribution in [2.75, 3.05) is 6.61 Å². The molecule has 0 saturated heterocycles. The second-order valence-electron chi connectivity index (χ2n) is 4.48. The highest BCUT2D eigenvalue weighted by Crippen LogP contribution is 2.35. The third-order valence-electron chi connectivity index (χ3n) is 2.42. The molecule has 1 aromatic heterocycles. The number of hydrogen-bond donors (Lipinski definition) is 3. The van der Waals surface area contributed by atoms with Gasteiger partial charge in [-0.2, -0.15) is 8.78 Å². The number of imide groups is 1. The van der Waals surface area contributed by atoms with Crippen molar-refractivity contribution in [2.24, 2.45) is 5.73 Å². The Hall–Kier alpha value is -2.63. The third kappa shape index (κ3) is 5.22. The van der Waals surface area contributed by atoms with Gasteiger partial charge in [0.1, 0.15) is 0 Å². The molecule has 2 amide bonds. The van der Waals surface area contributed by atoms with Crippen LogP contribution in [-0.4, -0.2) is 47.1 Å². The average Bonchev–Trinajstić information content (AvgIpc) is 2.47. The lowest BCUT2D eigenvalue weighted by Gasteiger charge is -2.16. The summed E-state index contributed by atoms with van der Waals surface area (Å²) in [5.41, 5.74) is 5.20. The van der Waals surface area contributed by atoms with E-state index in [4.69, 9.17) is 5.73 Å². The number of pyridine rings is 1. The first kappa shape index (κ1) is 19.4. The number of aromatic nitrogens is 1. The third-order valence-corrected chi connectivity index (χ3v) is 2.42. The smallest absolute Gasteiger partial charge is 0.420 e. The number of amides is 2. The highest BCUT2D eigenvalue weighted by molar-refractivity contribution is 5.95. The van der Waals surface area contributed by atoms with Crippen LogP contribution in [0.25, 0.3) is 0 Å². The monoisotopic (exact) mass is 355 g/mol. The molecule has 1 aromatic rings. The van der Waals surface area contributed by atoms with Gasteiger partial charge in [0.25, 0.3) is 5.88 Å². The van der Waals surface area contributed by atoms with E-state index >= 15 is 0 Å². The first-order valence-electron chi connectivity index (χ1n) is 6.29. The zero-order chi connectivity index (χ0) is 18.5. The molecule has 8 nitrogen and oxygen atoms in total. The molecular formula is C12H13F4N3O5. The quantitative estimate of drug-likeness (QED) is 0.651. The van der Waals surface area contributed by atoms with Crippen LogP contribution in [-0.2, 0) is 4.79 Å². The van der Waals surface area contributed by atoms with E-state index in [9.17, 15) is 32.3 Å². The van der Waals surface area contributed by atoms with Crippen molar-refractivity contribution in [3.8, 4) is 17.4 Å². The molecule has 0 aliphatic carbocycles. The topological polar surface area (TPSA) is 124 Å². The Balaban J connectivity index is 2.78. The lowest BCUT2D eigenvalue weighted by molar-refractivity contribution is -0.148. The molecule has 134 valence electrons. The maximum absolute atomic E-state index is 12.8. The predicted molar refractivity (Wildman–Crippen MR) is 70.2 cm³/mol. The van der Waals surface area contributed by atoms with Gasteiger partial charge in [-0.25, -0.2) is 18.6 Å². The van der Waals surface area contributed by atoms with Crippen LogP contribution in [0.5, 0.6) is 17.4 Å². The van der Waals surface area contributed by atoms with Crippen LogP contribution < -0.4 is 20.5 Å². The van der Waals surface area contributed by atoms with Crippen molar-refractivity contribution in [1.82, 2.24) is 10.3 Å². The van der Waals surface area contributed by atoms with E-state index in [1.165, 1.54) is 6.92 Å². The number of aromatic hydroxyl groups is 1. The summed E-state index contributed by atoms with van der Waals surface area (Å²) >= 11 is 0. The molecule has 0 bridgehead atoms. The molecule has 0 saturated carbocycles. The second-order valence-corrected chi connectivity index (χ2v) is 4.48. The fourth-order valence-electron chi connectivity index (χ4n) is 1.17. The molecule has 4 N–H and O–H groups in total. The molecule has 0 radical (unpaired) electrons. The van der Waals surface area contributed by atoms with Crippen LogP contribution in [0.1, 0.15) is 6.92 Å². The number of nitrogens with one attached hydrogen (secondary N) is 1. The van der Waals surface area contributed by atoms with E-state index in [0.717, 1.165) is 12.3 Å². The van der Waals surface area contributed by atoms with E-state index in [2.05, 4.69) is 14.5 Å². The van der Waals surface area contributed by atoms with Crippen molar-refractivity contribution in [2.45, 2.75) is 25.3 Å². The standard InChI is InChI=1S/C12H13F4N3O5/c1-5(17)8(21)19-11(22)24-9-7(20)6(2-3-18-9)23-4-12(15,16)10(13)14/h2-3,5,10,20H,4,17H2,1H3,(H,19,21,22)/t5-/m0/s1. The molecule has 24 heavy (non-hydrogen) atoms. The van der Waals surface area contributed by atoms with Crippen LogP contribution in [0.15, 0.2) is 12.3 Å². The zero-order valence-electron chi connectivity index (χ0n) is 12.1. The van der Waals surface area contributed by atoms with Crippen molar-refractivity contribution in [1.29, 1.82) is 0 Å². The molecule has 0 aliphatic heterocycles. The summed E-state index contributed by atoms with van der Waals surface area (Å²) in [6.45, 7) is -0.437. The molecule has 1 rings (SSSR count). The Labute approximate surface area is 132 Å². The van der Waals surface area contributed by atoms with Gasteiger partial charge in [-0.1, -0.05) is 0 Å². The van der Waals surface area contributed by atoms with Crippen molar-refractivity contribution in [3.05, 3.63) is 12.3 Å². The van der Waals surface area contributed by atoms with Crippen LogP contribution in [0.2, 0.25) is 0 Å². The minimum Gasteiger partial charge on any atom is -0.501 e. The minimum absolute atomic E-state index is 0.674. The largest absolute Gasteiger partial charge is 0.501 e. The highest BCUT2D eigenvalue weighted by Gasteiger charge is 2.42. The Bertz CT molecular complexity index is 612. The zero-order valence-corrected chi connectivity index (χ0v) is 12.1. The number of hydrogen-bond acceptors (Lipinski definition) is 7. The first-order valence-corrected chi connectivity index (χ1v) is 6.29. The first-order chi connectivity index (χ1) is 11.0. The Kier molecular flexibility index (Phi) is 6.28.